The van der Waals surface area contributed by atoms with Crippen molar-refractivity contribution in [3.63, 3.8) is 0 Å². The van der Waals surface area contributed by atoms with Crippen LogP contribution in [0.25, 0.3) is 0 Å². The van der Waals surface area contributed by atoms with Gasteiger partial charge in [0.25, 0.3) is 0 Å². The van der Waals surface area contributed by atoms with Gasteiger partial charge in [0, 0.05) is 18.6 Å². The van der Waals surface area contributed by atoms with Crippen molar-refractivity contribution >= 4 is 0 Å². The standard InChI is InChI=1S/C13H23NO/c1-13(2,9-15)8-14-7-12-6-10-3-4-11(12)5-10/h3-4,10-12,14-15H,5-9H2,1-2H3. The second-order valence-corrected chi connectivity index (χ2v) is 5.99. The molecule has 2 bridgehead atoms. The van der Waals surface area contributed by atoms with Gasteiger partial charge in [0.05, 0.1) is 0 Å². The van der Waals surface area contributed by atoms with Gasteiger partial charge in [-0.25, -0.2) is 0 Å². The summed E-state index contributed by atoms with van der Waals surface area (Å²) in [7, 11) is 0. The molecule has 0 heterocycles. The molecular formula is C13H23NO. The van der Waals surface area contributed by atoms with Gasteiger partial charge in [-0.2, -0.15) is 0 Å². The number of rotatable bonds is 5. The average Bonchev–Trinajstić information content (AvgIpc) is 2.79. The van der Waals surface area contributed by atoms with Crippen LogP contribution < -0.4 is 5.32 Å². The predicted octanol–water partition coefficient (Wildman–Crippen LogP) is 1.81. The fourth-order valence-electron chi connectivity index (χ4n) is 2.78. The minimum absolute atomic E-state index is 0.0213. The molecular weight excluding hydrogens is 186 g/mol. The van der Waals surface area contributed by atoms with E-state index >= 15 is 0 Å². The van der Waals surface area contributed by atoms with E-state index in [0.29, 0.717) is 0 Å². The molecule has 0 amide bonds. The maximum atomic E-state index is 9.14. The number of aliphatic hydroxyl groups excluding tert-OH is 1. The maximum absolute atomic E-state index is 9.14. The molecule has 1 fully saturated rings. The topological polar surface area (TPSA) is 32.3 Å². The Morgan fingerprint density at radius 3 is 2.67 bits per heavy atom. The third kappa shape index (κ3) is 2.61. The lowest BCUT2D eigenvalue weighted by Crippen LogP contribution is -2.35. The molecule has 0 radical (unpaired) electrons. The zero-order valence-corrected chi connectivity index (χ0v) is 9.87. The Morgan fingerprint density at radius 2 is 2.13 bits per heavy atom. The average molecular weight is 209 g/mol. The smallest absolute Gasteiger partial charge is 0.0494 e. The zero-order chi connectivity index (χ0) is 10.9. The first kappa shape index (κ1) is 11.2. The minimum atomic E-state index is 0.0213. The summed E-state index contributed by atoms with van der Waals surface area (Å²) < 4.78 is 0. The van der Waals surface area contributed by atoms with E-state index < -0.39 is 0 Å². The highest BCUT2D eigenvalue weighted by molar-refractivity contribution is 5.10. The molecule has 2 rings (SSSR count). The SMILES string of the molecule is CC(C)(CO)CNCC1CC2C=CC1C2. The van der Waals surface area contributed by atoms with Gasteiger partial charge in [-0.05, 0) is 37.1 Å². The van der Waals surface area contributed by atoms with Crippen molar-refractivity contribution in [1.82, 2.24) is 5.32 Å². The number of allylic oxidation sites excluding steroid dienone is 2. The first-order valence-corrected chi connectivity index (χ1v) is 6.11. The summed E-state index contributed by atoms with van der Waals surface area (Å²) in [4.78, 5) is 0. The Hall–Kier alpha value is -0.340. The Balaban J connectivity index is 1.69. The van der Waals surface area contributed by atoms with Crippen LogP contribution in [0.1, 0.15) is 26.7 Å². The van der Waals surface area contributed by atoms with Gasteiger partial charge in [0.15, 0.2) is 0 Å². The molecule has 2 aliphatic carbocycles. The highest BCUT2D eigenvalue weighted by Crippen LogP contribution is 2.42. The molecule has 0 aromatic rings. The second-order valence-electron chi connectivity index (χ2n) is 5.99. The summed E-state index contributed by atoms with van der Waals surface area (Å²) in [5.41, 5.74) is 0.0213. The molecule has 0 saturated heterocycles. The number of aliphatic hydroxyl groups is 1. The van der Waals surface area contributed by atoms with Gasteiger partial charge >= 0.3 is 0 Å². The highest BCUT2D eigenvalue weighted by Gasteiger charge is 2.35. The molecule has 2 N–H and O–H groups in total. The first-order chi connectivity index (χ1) is 7.11. The third-order valence-corrected chi connectivity index (χ3v) is 3.85. The lowest BCUT2D eigenvalue weighted by Gasteiger charge is -2.25. The van der Waals surface area contributed by atoms with Crippen LogP contribution in [-0.4, -0.2) is 24.8 Å². The van der Waals surface area contributed by atoms with Crippen LogP contribution in [0.4, 0.5) is 0 Å². The van der Waals surface area contributed by atoms with E-state index in [1.807, 2.05) is 0 Å². The van der Waals surface area contributed by atoms with Crippen molar-refractivity contribution in [2.75, 3.05) is 19.7 Å². The lowest BCUT2D eigenvalue weighted by molar-refractivity contribution is 0.155. The minimum Gasteiger partial charge on any atom is -0.396 e. The third-order valence-electron chi connectivity index (χ3n) is 3.85. The maximum Gasteiger partial charge on any atom is 0.0494 e. The number of hydrogen-bond donors (Lipinski definition) is 2. The van der Waals surface area contributed by atoms with Gasteiger partial charge in [-0.15, -0.1) is 0 Å². The summed E-state index contributed by atoms with van der Waals surface area (Å²) in [6.07, 6.45) is 7.54. The van der Waals surface area contributed by atoms with E-state index in [4.69, 9.17) is 5.11 Å². The van der Waals surface area contributed by atoms with Crippen LogP contribution in [-0.2, 0) is 0 Å². The van der Waals surface area contributed by atoms with E-state index in [9.17, 15) is 0 Å². The number of fused-ring (bicyclic) bond motifs is 2. The Morgan fingerprint density at radius 1 is 1.33 bits per heavy atom. The molecule has 1 saturated carbocycles. The predicted molar refractivity (Wildman–Crippen MR) is 62.6 cm³/mol. The van der Waals surface area contributed by atoms with Crippen molar-refractivity contribution in [2.45, 2.75) is 26.7 Å². The van der Waals surface area contributed by atoms with E-state index in [1.54, 1.807) is 0 Å². The fourth-order valence-corrected chi connectivity index (χ4v) is 2.78. The van der Waals surface area contributed by atoms with Crippen LogP contribution in [0.2, 0.25) is 0 Å². The Kier molecular flexibility index (Phi) is 3.17. The number of nitrogens with one attached hydrogen (secondary N) is 1. The van der Waals surface area contributed by atoms with Crippen LogP contribution in [0.5, 0.6) is 0 Å². The number of hydrogen-bond acceptors (Lipinski definition) is 2. The van der Waals surface area contributed by atoms with E-state index in [1.165, 1.54) is 12.8 Å². The zero-order valence-electron chi connectivity index (χ0n) is 9.87. The van der Waals surface area contributed by atoms with Gasteiger partial charge in [0.1, 0.15) is 0 Å². The molecule has 2 heteroatoms. The van der Waals surface area contributed by atoms with Crippen molar-refractivity contribution in [3.8, 4) is 0 Å². The van der Waals surface area contributed by atoms with Crippen LogP contribution >= 0.6 is 0 Å². The summed E-state index contributed by atoms with van der Waals surface area (Å²) >= 11 is 0. The summed E-state index contributed by atoms with van der Waals surface area (Å²) in [5, 5.41) is 12.6. The van der Waals surface area contributed by atoms with Crippen LogP contribution in [0, 0.1) is 23.2 Å². The van der Waals surface area contributed by atoms with E-state index in [0.717, 1.165) is 30.8 Å². The van der Waals surface area contributed by atoms with Crippen LogP contribution in [0.3, 0.4) is 0 Å². The summed E-state index contributed by atoms with van der Waals surface area (Å²) in [6, 6.07) is 0. The molecule has 3 unspecified atom stereocenters. The van der Waals surface area contributed by atoms with Gasteiger partial charge < -0.3 is 10.4 Å². The first-order valence-electron chi connectivity index (χ1n) is 6.11. The highest BCUT2D eigenvalue weighted by atomic mass is 16.3. The molecule has 0 aliphatic heterocycles. The fraction of sp³-hybridized carbons (Fsp3) is 0.846. The molecule has 3 atom stereocenters. The summed E-state index contributed by atoms with van der Waals surface area (Å²) in [6.45, 7) is 6.49. The van der Waals surface area contributed by atoms with E-state index in [-0.39, 0.29) is 12.0 Å². The Labute approximate surface area is 92.8 Å². The molecule has 15 heavy (non-hydrogen) atoms. The molecule has 0 spiro atoms. The molecule has 0 aromatic heterocycles. The Bertz CT molecular complexity index is 247. The second kappa shape index (κ2) is 4.26. The van der Waals surface area contributed by atoms with Crippen molar-refractivity contribution in [1.29, 1.82) is 0 Å². The van der Waals surface area contributed by atoms with Crippen LogP contribution in [0.15, 0.2) is 12.2 Å². The normalized spacial score (nSPS) is 33.9. The van der Waals surface area contributed by atoms with Crippen molar-refractivity contribution in [2.24, 2.45) is 23.2 Å². The summed E-state index contributed by atoms with van der Waals surface area (Å²) in [5.74, 6) is 2.54. The lowest BCUT2D eigenvalue weighted by atomic mass is 9.92. The van der Waals surface area contributed by atoms with Gasteiger partial charge in [0.2, 0.25) is 0 Å². The van der Waals surface area contributed by atoms with Gasteiger partial charge in [-0.1, -0.05) is 26.0 Å². The largest absolute Gasteiger partial charge is 0.396 e. The van der Waals surface area contributed by atoms with Crippen molar-refractivity contribution in [3.05, 3.63) is 12.2 Å². The monoisotopic (exact) mass is 209 g/mol. The molecule has 2 nitrogen and oxygen atoms in total. The van der Waals surface area contributed by atoms with Gasteiger partial charge in [-0.3, -0.25) is 0 Å². The molecule has 86 valence electrons. The molecule has 2 aliphatic rings. The molecule has 0 aromatic carbocycles. The van der Waals surface area contributed by atoms with Crippen molar-refractivity contribution < 1.29 is 5.11 Å². The quantitative estimate of drug-likeness (QED) is 0.677. The van der Waals surface area contributed by atoms with E-state index in [2.05, 4.69) is 31.3 Å².